The minimum atomic E-state index is -4.23. The highest BCUT2D eigenvalue weighted by molar-refractivity contribution is 5.77. The lowest BCUT2D eigenvalue weighted by Crippen LogP contribution is -2.48. The number of carbonyl (C=O) groups is 1. The predicted molar refractivity (Wildman–Crippen MR) is 65.3 cm³/mol. The number of carbonyl (C=O) groups excluding carboxylic acids is 1. The fourth-order valence-electron chi connectivity index (χ4n) is 2.87. The molecular weight excluding hydrogens is 257 g/mol. The minimum absolute atomic E-state index is 0.114. The van der Waals surface area contributed by atoms with E-state index in [-0.39, 0.29) is 24.8 Å². The van der Waals surface area contributed by atoms with Crippen LogP contribution in [0.2, 0.25) is 0 Å². The van der Waals surface area contributed by atoms with Crippen molar-refractivity contribution in [2.75, 3.05) is 0 Å². The molecule has 2 rings (SSSR count). The molecule has 0 aromatic rings. The summed E-state index contributed by atoms with van der Waals surface area (Å²) >= 11 is 0. The summed E-state index contributed by atoms with van der Waals surface area (Å²) in [5.41, 5.74) is 5.82. The molecule has 0 bridgehead atoms. The van der Waals surface area contributed by atoms with Gasteiger partial charge < -0.3 is 11.1 Å². The zero-order valence-electron chi connectivity index (χ0n) is 10.9. The van der Waals surface area contributed by atoms with Crippen molar-refractivity contribution in [2.24, 2.45) is 17.6 Å². The van der Waals surface area contributed by atoms with Crippen LogP contribution in [0.3, 0.4) is 0 Å². The molecule has 6 heteroatoms. The summed E-state index contributed by atoms with van der Waals surface area (Å²) in [6.45, 7) is 0. The topological polar surface area (TPSA) is 55.1 Å². The lowest BCUT2D eigenvalue weighted by molar-refractivity contribution is -0.189. The SMILES string of the molecule is NC(CC(=O)NC1CCCCC1C(F)(F)F)C1CC1. The molecule has 2 fully saturated rings. The first kappa shape index (κ1) is 14.6. The molecule has 19 heavy (non-hydrogen) atoms. The minimum Gasteiger partial charge on any atom is -0.353 e. The van der Waals surface area contributed by atoms with Crippen LogP contribution in [0.15, 0.2) is 0 Å². The van der Waals surface area contributed by atoms with Crippen molar-refractivity contribution in [2.45, 2.75) is 63.2 Å². The van der Waals surface area contributed by atoms with Gasteiger partial charge in [-0.15, -0.1) is 0 Å². The molecule has 0 aliphatic heterocycles. The van der Waals surface area contributed by atoms with E-state index < -0.39 is 18.1 Å². The maximum Gasteiger partial charge on any atom is 0.393 e. The van der Waals surface area contributed by atoms with E-state index in [0.29, 0.717) is 18.8 Å². The normalized spacial score (nSPS) is 29.9. The van der Waals surface area contributed by atoms with Crippen LogP contribution in [0.25, 0.3) is 0 Å². The first-order chi connectivity index (χ1) is 8.88. The van der Waals surface area contributed by atoms with E-state index >= 15 is 0 Å². The summed E-state index contributed by atoms with van der Waals surface area (Å²) in [4.78, 5) is 11.8. The standard InChI is InChI=1S/C13H21F3N2O/c14-13(15,16)9-3-1-2-4-11(9)18-12(19)7-10(17)8-5-6-8/h8-11H,1-7,17H2,(H,18,19). The maximum atomic E-state index is 12.9. The second-order valence-electron chi connectivity index (χ2n) is 5.81. The van der Waals surface area contributed by atoms with Gasteiger partial charge in [-0.05, 0) is 31.6 Å². The fourth-order valence-corrected chi connectivity index (χ4v) is 2.87. The molecule has 3 unspecified atom stereocenters. The van der Waals surface area contributed by atoms with Crippen LogP contribution in [-0.2, 0) is 4.79 Å². The first-order valence-corrected chi connectivity index (χ1v) is 6.99. The van der Waals surface area contributed by atoms with Gasteiger partial charge in [0.2, 0.25) is 5.91 Å². The Labute approximate surface area is 111 Å². The number of amides is 1. The maximum absolute atomic E-state index is 12.9. The highest BCUT2D eigenvalue weighted by Gasteiger charge is 2.46. The van der Waals surface area contributed by atoms with Crippen LogP contribution < -0.4 is 11.1 Å². The smallest absolute Gasteiger partial charge is 0.353 e. The highest BCUT2D eigenvalue weighted by Crippen LogP contribution is 2.38. The summed E-state index contributed by atoms with van der Waals surface area (Å²) in [7, 11) is 0. The summed E-state index contributed by atoms with van der Waals surface area (Å²) in [6, 6.07) is -0.972. The van der Waals surface area contributed by atoms with Gasteiger partial charge >= 0.3 is 6.18 Å². The molecule has 0 aromatic carbocycles. The Morgan fingerprint density at radius 3 is 2.42 bits per heavy atom. The van der Waals surface area contributed by atoms with E-state index in [9.17, 15) is 18.0 Å². The van der Waals surface area contributed by atoms with Gasteiger partial charge in [0.05, 0.1) is 5.92 Å². The molecule has 1 amide bonds. The van der Waals surface area contributed by atoms with E-state index in [4.69, 9.17) is 5.73 Å². The van der Waals surface area contributed by atoms with Gasteiger partial charge in [0.1, 0.15) is 0 Å². The Balaban J connectivity index is 1.86. The molecule has 0 spiro atoms. The largest absolute Gasteiger partial charge is 0.393 e. The van der Waals surface area contributed by atoms with Crippen molar-refractivity contribution in [3.63, 3.8) is 0 Å². The van der Waals surface area contributed by atoms with Crippen LogP contribution >= 0.6 is 0 Å². The molecular formula is C13H21F3N2O. The predicted octanol–water partition coefficient (Wildman–Crippen LogP) is 2.35. The monoisotopic (exact) mass is 278 g/mol. The first-order valence-electron chi connectivity index (χ1n) is 6.99. The Morgan fingerprint density at radius 1 is 1.21 bits per heavy atom. The van der Waals surface area contributed by atoms with Gasteiger partial charge in [-0.25, -0.2) is 0 Å². The molecule has 3 atom stereocenters. The van der Waals surface area contributed by atoms with Gasteiger partial charge in [-0.2, -0.15) is 13.2 Å². The number of alkyl halides is 3. The van der Waals surface area contributed by atoms with Crippen molar-refractivity contribution in [1.29, 1.82) is 0 Å². The van der Waals surface area contributed by atoms with Crippen molar-refractivity contribution in [3.05, 3.63) is 0 Å². The molecule has 0 heterocycles. The Kier molecular flexibility index (Phi) is 4.38. The third-order valence-electron chi connectivity index (χ3n) is 4.18. The third-order valence-corrected chi connectivity index (χ3v) is 4.18. The number of nitrogens with two attached hydrogens (primary N) is 1. The average molecular weight is 278 g/mol. The Bertz CT molecular complexity index is 328. The molecule has 2 aliphatic rings. The number of hydrogen-bond donors (Lipinski definition) is 2. The van der Waals surface area contributed by atoms with Gasteiger partial charge in [-0.1, -0.05) is 12.8 Å². The molecule has 0 aromatic heterocycles. The lowest BCUT2D eigenvalue weighted by Gasteiger charge is -2.33. The number of rotatable bonds is 4. The second kappa shape index (κ2) is 5.69. The van der Waals surface area contributed by atoms with Crippen LogP contribution in [0.1, 0.15) is 44.9 Å². The Hall–Kier alpha value is -0.780. The van der Waals surface area contributed by atoms with Gasteiger partial charge in [0.15, 0.2) is 0 Å². The van der Waals surface area contributed by atoms with Crippen molar-refractivity contribution in [3.8, 4) is 0 Å². The van der Waals surface area contributed by atoms with Crippen molar-refractivity contribution < 1.29 is 18.0 Å². The average Bonchev–Trinajstić information content (AvgIpc) is 3.11. The molecule has 110 valence electrons. The van der Waals surface area contributed by atoms with E-state index in [1.807, 2.05) is 0 Å². The summed E-state index contributed by atoms with van der Waals surface area (Å²) < 4.78 is 38.6. The number of nitrogens with one attached hydrogen (secondary N) is 1. The van der Waals surface area contributed by atoms with E-state index in [1.165, 1.54) is 0 Å². The fraction of sp³-hybridized carbons (Fsp3) is 0.923. The highest BCUT2D eigenvalue weighted by atomic mass is 19.4. The van der Waals surface area contributed by atoms with E-state index in [0.717, 1.165) is 19.3 Å². The van der Waals surface area contributed by atoms with E-state index in [1.54, 1.807) is 0 Å². The zero-order chi connectivity index (χ0) is 14.0. The zero-order valence-corrected chi connectivity index (χ0v) is 10.9. The molecule has 0 radical (unpaired) electrons. The van der Waals surface area contributed by atoms with Crippen LogP contribution in [0, 0.1) is 11.8 Å². The van der Waals surface area contributed by atoms with Crippen LogP contribution in [-0.4, -0.2) is 24.2 Å². The van der Waals surface area contributed by atoms with Crippen molar-refractivity contribution >= 4 is 5.91 Å². The second-order valence-corrected chi connectivity index (χ2v) is 5.81. The molecule has 2 aliphatic carbocycles. The van der Waals surface area contributed by atoms with Gasteiger partial charge in [-0.3, -0.25) is 4.79 Å². The number of hydrogen-bond acceptors (Lipinski definition) is 2. The quantitative estimate of drug-likeness (QED) is 0.829. The van der Waals surface area contributed by atoms with Gasteiger partial charge in [0, 0.05) is 18.5 Å². The van der Waals surface area contributed by atoms with Crippen LogP contribution in [0.4, 0.5) is 13.2 Å². The summed E-state index contributed by atoms with van der Waals surface area (Å²) in [6.07, 6.45) is -0.170. The molecule has 3 nitrogen and oxygen atoms in total. The third kappa shape index (κ3) is 4.09. The van der Waals surface area contributed by atoms with E-state index in [2.05, 4.69) is 5.32 Å². The molecule has 3 N–H and O–H groups in total. The lowest BCUT2D eigenvalue weighted by atomic mass is 9.84. The van der Waals surface area contributed by atoms with Crippen molar-refractivity contribution in [1.82, 2.24) is 5.32 Å². The van der Waals surface area contributed by atoms with Gasteiger partial charge in [0.25, 0.3) is 0 Å². The summed E-state index contributed by atoms with van der Waals surface area (Å²) in [5, 5.41) is 2.55. The molecule has 2 saturated carbocycles. The Morgan fingerprint density at radius 2 is 1.84 bits per heavy atom. The number of halogens is 3. The molecule has 0 saturated heterocycles. The summed E-state index contributed by atoms with van der Waals surface area (Å²) in [5.74, 6) is -1.35. The van der Waals surface area contributed by atoms with Crippen LogP contribution in [0.5, 0.6) is 0 Å².